The minimum atomic E-state index is -0.346. The van der Waals surface area contributed by atoms with Gasteiger partial charge in [-0.3, -0.25) is 4.79 Å². The first-order chi connectivity index (χ1) is 7.17. The van der Waals surface area contributed by atoms with Crippen LogP contribution in [0.3, 0.4) is 0 Å². The summed E-state index contributed by atoms with van der Waals surface area (Å²) in [6.07, 6.45) is 3.90. The van der Waals surface area contributed by atoms with Gasteiger partial charge in [0.25, 0.3) is 0 Å². The predicted octanol–water partition coefficient (Wildman–Crippen LogP) is 0.797. The SMILES string of the molecule is CCC[C@@H](N)C(=O)NC1CC(OCC)C1. The summed E-state index contributed by atoms with van der Waals surface area (Å²) in [4.78, 5) is 11.5. The molecule has 1 saturated carbocycles. The Morgan fingerprint density at radius 3 is 2.73 bits per heavy atom. The topological polar surface area (TPSA) is 64.4 Å². The average Bonchev–Trinajstić information content (AvgIpc) is 2.14. The van der Waals surface area contributed by atoms with Gasteiger partial charge in [-0.2, -0.15) is 0 Å². The second kappa shape index (κ2) is 6.08. The number of amides is 1. The molecule has 0 radical (unpaired) electrons. The van der Waals surface area contributed by atoms with E-state index >= 15 is 0 Å². The first-order valence-corrected chi connectivity index (χ1v) is 5.84. The van der Waals surface area contributed by atoms with Crippen LogP contribution in [-0.4, -0.2) is 30.7 Å². The normalized spacial score (nSPS) is 26.9. The molecule has 1 rings (SSSR count). The highest BCUT2D eigenvalue weighted by atomic mass is 16.5. The van der Waals surface area contributed by atoms with E-state index in [-0.39, 0.29) is 18.0 Å². The van der Waals surface area contributed by atoms with Crippen LogP contribution in [0, 0.1) is 0 Å². The van der Waals surface area contributed by atoms with Crippen LogP contribution < -0.4 is 11.1 Å². The fourth-order valence-electron chi connectivity index (χ4n) is 1.81. The molecule has 4 heteroatoms. The lowest BCUT2D eigenvalue weighted by Crippen LogP contribution is -2.52. The Hall–Kier alpha value is -0.610. The highest BCUT2D eigenvalue weighted by Crippen LogP contribution is 2.23. The number of nitrogens with one attached hydrogen (secondary N) is 1. The van der Waals surface area contributed by atoms with Crippen molar-refractivity contribution in [3.63, 3.8) is 0 Å². The van der Waals surface area contributed by atoms with Gasteiger partial charge in [0.2, 0.25) is 5.91 Å². The Morgan fingerprint density at radius 1 is 1.53 bits per heavy atom. The van der Waals surface area contributed by atoms with Crippen molar-refractivity contribution in [1.82, 2.24) is 5.32 Å². The lowest BCUT2D eigenvalue weighted by atomic mass is 9.89. The average molecular weight is 214 g/mol. The zero-order valence-electron chi connectivity index (χ0n) is 9.66. The number of rotatable bonds is 6. The van der Waals surface area contributed by atoms with Crippen molar-refractivity contribution in [3.8, 4) is 0 Å². The maximum Gasteiger partial charge on any atom is 0.237 e. The Labute approximate surface area is 91.5 Å². The molecule has 1 aliphatic carbocycles. The third-order valence-electron chi connectivity index (χ3n) is 2.78. The number of hydrogen-bond donors (Lipinski definition) is 2. The number of ether oxygens (including phenoxy) is 1. The number of hydrogen-bond acceptors (Lipinski definition) is 3. The van der Waals surface area contributed by atoms with E-state index in [4.69, 9.17) is 10.5 Å². The Bertz CT molecular complexity index is 203. The van der Waals surface area contributed by atoms with E-state index in [0.29, 0.717) is 6.10 Å². The second-order valence-electron chi connectivity index (χ2n) is 4.15. The molecular weight excluding hydrogens is 192 g/mol. The van der Waals surface area contributed by atoms with E-state index in [9.17, 15) is 4.79 Å². The molecular formula is C11H22N2O2. The molecule has 3 N–H and O–H groups in total. The van der Waals surface area contributed by atoms with Gasteiger partial charge in [-0.15, -0.1) is 0 Å². The fraction of sp³-hybridized carbons (Fsp3) is 0.909. The molecule has 0 bridgehead atoms. The van der Waals surface area contributed by atoms with Crippen molar-refractivity contribution in [2.45, 2.75) is 57.7 Å². The first-order valence-electron chi connectivity index (χ1n) is 5.84. The van der Waals surface area contributed by atoms with Gasteiger partial charge >= 0.3 is 0 Å². The molecule has 15 heavy (non-hydrogen) atoms. The van der Waals surface area contributed by atoms with E-state index in [1.807, 2.05) is 13.8 Å². The molecule has 0 heterocycles. The van der Waals surface area contributed by atoms with Crippen molar-refractivity contribution in [2.75, 3.05) is 6.61 Å². The summed E-state index contributed by atoms with van der Waals surface area (Å²) in [6.45, 7) is 4.77. The Kier molecular flexibility index (Phi) is 5.05. The first kappa shape index (κ1) is 12.5. The monoisotopic (exact) mass is 214 g/mol. The summed E-state index contributed by atoms with van der Waals surface area (Å²) in [6, 6.07) is -0.0712. The Morgan fingerprint density at radius 2 is 2.20 bits per heavy atom. The van der Waals surface area contributed by atoms with Gasteiger partial charge in [-0.25, -0.2) is 0 Å². The number of nitrogens with two attached hydrogens (primary N) is 1. The van der Waals surface area contributed by atoms with E-state index in [2.05, 4.69) is 5.32 Å². The minimum Gasteiger partial charge on any atom is -0.378 e. The van der Waals surface area contributed by atoms with Crippen molar-refractivity contribution in [2.24, 2.45) is 5.73 Å². The highest BCUT2D eigenvalue weighted by molar-refractivity contribution is 5.81. The molecule has 0 spiro atoms. The molecule has 1 amide bonds. The molecule has 88 valence electrons. The van der Waals surface area contributed by atoms with E-state index in [1.54, 1.807) is 0 Å². The molecule has 0 unspecified atom stereocenters. The third-order valence-corrected chi connectivity index (χ3v) is 2.78. The largest absolute Gasteiger partial charge is 0.378 e. The number of carbonyl (C=O) groups is 1. The summed E-state index contributed by atoms with van der Waals surface area (Å²) in [5, 5.41) is 2.95. The van der Waals surface area contributed by atoms with E-state index in [0.717, 1.165) is 32.3 Å². The second-order valence-corrected chi connectivity index (χ2v) is 4.15. The summed E-state index contributed by atoms with van der Waals surface area (Å²) in [5.41, 5.74) is 5.70. The van der Waals surface area contributed by atoms with Crippen LogP contribution in [0.1, 0.15) is 39.5 Å². The van der Waals surface area contributed by atoms with Crippen LogP contribution in [0.2, 0.25) is 0 Å². The van der Waals surface area contributed by atoms with Gasteiger partial charge in [0.15, 0.2) is 0 Å². The van der Waals surface area contributed by atoms with Gasteiger partial charge in [-0.05, 0) is 26.2 Å². The molecule has 4 nitrogen and oxygen atoms in total. The van der Waals surface area contributed by atoms with Crippen molar-refractivity contribution in [3.05, 3.63) is 0 Å². The molecule has 0 aromatic carbocycles. The van der Waals surface area contributed by atoms with Crippen molar-refractivity contribution < 1.29 is 9.53 Å². The van der Waals surface area contributed by atoms with Crippen LogP contribution in [0.15, 0.2) is 0 Å². The lowest BCUT2D eigenvalue weighted by molar-refractivity contribution is -0.125. The quantitative estimate of drug-likeness (QED) is 0.687. The van der Waals surface area contributed by atoms with Crippen LogP contribution in [-0.2, 0) is 9.53 Å². The lowest BCUT2D eigenvalue weighted by Gasteiger charge is -2.35. The van der Waals surface area contributed by atoms with Gasteiger partial charge in [0.05, 0.1) is 12.1 Å². The molecule has 1 aliphatic rings. The summed E-state index contributed by atoms with van der Waals surface area (Å²) in [5.74, 6) is -0.0169. The molecule has 0 saturated heterocycles. The number of carbonyl (C=O) groups excluding carboxylic acids is 1. The Balaban J connectivity index is 2.13. The maximum absolute atomic E-state index is 11.5. The smallest absolute Gasteiger partial charge is 0.237 e. The summed E-state index contributed by atoms with van der Waals surface area (Å²) < 4.78 is 5.42. The van der Waals surface area contributed by atoms with Crippen molar-refractivity contribution in [1.29, 1.82) is 0 Å². The van der Waals surface area contributed by atoms with Gasteiger partial charge < -0.3 is 15.8 Å². The van der Waals surface area contributed by atoms with Crippen LogP contribution in [0.5, 0.6) is 0 Å². The highest BCUT2D eigenvalue weighted by Gasteiger charge is 2.31. The molecule has 0 aromatic heterocycles. The summed E-state index contributed by atoms with van der Waals surface area (Å²) in [7, 11) is 0. The van der Waals surface area contributed by atoms with Gasteiger partial charge in [-0.1, -0.05) is 13.3 Å². The minimum absolute atomic E-state index is 0.0169. The van der Waals surface area contributed by atoms with E-state index < -0.39 is 0 Å². The third kappa shape index (κ3) is 3.80. The van der Waals surface area contributed by atoms with E-state index in [1.165, 1.54) is 0 Å². The molecule has 0 aliphatic heterocycles. The fourth-order valence-corrected chi connectivity index (χ4v) is 1.81. The van der Waals surface area contributed by atoms with Crippen LogP contribution in [0.4, 0.5) is 0 Å². The van der Waals surface area contributed by atoms with Crippen LogP contribution in [0.25, 0.3) is 0 Å². The van der Waals surface area contributed by atoms with Crippen molar-refractivity contribution >= 4 is 5.91 Å². The standard InChI is InChI=1S/C11H22N2O2/c1-3-5-10(12)11(14)13-8-6-9(7-8)15-4-2/h8-10H,3-7,12H2,1-2H3,(H,13,14)/t8?,9?,10-/m1/s1. The molecule has 1 atom stereocenters. The van der Waals surface area contributed by atoms with Gasteiger partial charge in [0, 0.05) is 12.6 Å². The van der Waals surface area contributed by atoms with Gasteiger partial charge in [0.1, 0.15) is 0 Å². The zero-order valence-corrected chi connectivity index (χ0v) is 9.66. The predicted molar refractivity (Wildman–Crippen MR) is 59.5 cm³/mol. The summed E-state index contributed by atoms with van der Waals surface area (Å²) >= 11 is 0. The van der Waals surface area contributed by atoms with Crippen LogP contribution >= 0.6 is 0 Å². The zero-order chi connectivity index (χ0) is 11.3. The molecule has 0 aromatic rings. The molecule has 1 fully saturated rings. The maximum atomic E-state index is 11.5.